The zero-order valence-corrected chi connectivity index (χ0v) is 33.8. The molecular formula is C34H59F6NNaO3PS. The van der Waals surface area contributed by atoms with Gasteiger partial charge in [-0.05, 0) is 86.8 Å². The van der Waals surface area contributed by atoms with Crippen LogP contribution in [0.25, 0.3) is 0 Å². The Morgan fingerprint density at radius 2 is 0.957 bits per heavy atom. The van der Waals surface area contributed by atoms with Crippen LogP contribution >= 0.6 is 7.81 Å². The molecule has 0 amide bonds. The third-order valence-electron chi connectivity index (χ3n) is 6.81. The van der Waals surface area contributed by atoms with E-state index in [9.17, 15) is 38.2 Å². The molecule has 4 nitrogen and oxygen atoms in total. The minimum Gasteiger partial charge on any atom is 0.0583 e. The molecule has 2 aromatic rings. The normalized spacial score (nSPS) is 13.5. The molecule has 2 unspecified atom stereocenters. The van der Waals surface area contributed by atoms with Gasteiger partial charge in [0.15, 0.2) is 0 Å². The Bertz CT molecular complexity index is 1080. The smallest absolute Gasteiger partial charge is 0.0583 e. The first-order valence-electron chi connectivity index (χ1n) is 16.2. The fourth-order valence-electron chi connectivity index (χ4n) is 3.70. The maximum Gasteiger partial charge on any atom is 1.00 e. The predicted molar refractivity (Wildman–Crippen MR) is 184 cm³/mol. The van der Waals surface area contributed by atoms with Crippen LogP contribution in [0, 0.1) is 6.92 Å². The van der Waals surface area contributed by atoms with Crippen LogP contribution in [-0.4, -0.2) is 37.5 Å². The third-order valence-corrected chi connectivity index (χ3v) is 7.66. The van der Waals surface area contributed by atoms with Crippen LogP contribution in [0.2, 0.25) is 0 Å². The number of nitrogens with zero attached hydrogens (tertiary/aromatic N) is 1. The summed E-state index contributed by atoms with van der Waals surface area (Å²) < 4.78 is 91.1. The summed E-state index contributed by atoms with van der Waals surface area (Å²) in [6.45, 7) is 24.4. The molecule has 0 aliphatic heterocycles. The molecule has 13 heteroatoms. The number of hydrogen-bond donors (Lipinski definition) is 0. The van der Waals surface area contributed by atoms with E-state index in [4.69, 9.17) is 0 Å². The van der Waals surface area contributed by atoms with Gasteiger partial charge in [-0.25, -0.2) is 8.42 Å². The van der Waals surface area contributed by atoms with Crippen molar-refractivity contribution in [1.29, 1.82) is 0 Å². The summed E-state index contributed by atoms with van der Waals surface area (Å²) >= 11 is 0. The van der Waals surface area contributed by atoms with Crippen molar-refractivity contribution < 1.29 is 67.7 Å². The number of halogens is 6. The van der Waals surface area contributed by atoms with Gasteiger partial charge in [-0.15, -0.1) is 0 Å². The van der Waals surface area contributed by atoms with Crippen molar-refractivity contribution in [3.63, 3.8) is 0 Å². The van der Waals surface area contributed by atoms with Crippen molar-refractivity contribution in [2.75, 3.05) is 19.6 Å². The van der Waals surface area contributed by atoms with Gasteiger partial charge in [0.25, 0.3) is 0 Å². The van der Waals surface area contributed by atoms with Crippen LogP contribution < -0.4 is 29.6 Å². The summed E-state index contributed by atoms with van der Waals surface area (Å²) in [6.07, 6.45) is 10.3. The Hall–Kier alpha value is -0.810. The summed E-state index contributed by atoms with van der Waals surface area (Å²) in [4.78, 5) is 2.47. The molecular weight excluding hydrogens is 670 g/mol. The molecule has 2 aromatic carbocycles. The first-order chi connectivity index (χ1) is 21.1. The van der Waals surface area contributed by atoms with Gasteiger partial charge >= 0.3 is 62.5 Å². The van der Waals surface area contributed by atoms with E-state index in [2.05, 4.69) is 90.6 Å². The van der Waals surface area contributed by atoms with Gasteiger partial charge in [-0.3, -0.25) is 0 Å². The average Bonchev–Trinajstić information content (AvgIpc) is 3.00. The quantitative estimate of drug-likeness (QED) is 0.0639. The van der Waals surface area contributed by atoms with Gasteiger partial charge in [0.05, 0.1) is 18.7 Å². The van der Waals surface area contributed by atoms with E-state index in [0.29, 0.717) is 11.8 Å². The first kappa shape index (κ1) is 53.0. The maximum atomic E-state index is 10.6. The molecule has 0 spiro atoms. The predicted octanol–water partition coefficient (Wildman–Crippen LogP) is 10.2. The van der Waals surface area contributed by atoms with E-state index in [1.54, 1.807) is 19.1 Å². The van der Waals surface area contributed by atoms with Crippen LogP contribution in [-0.2, 0) is 10.1 Å². The Labute approximate surface area is 304 Å². The Morgan fingerprint density at radius 1 is 0.660 bits per heavy atom. The van der Waals surface area contributed by atoms with E-state index in [1.807, 2.05) is 0 Å². The molecule has 47 heavy (non-hydrogen) atoms. The van der Waals surface area contributed by atoms with E-state index in [-0.39, 0.29) is 34.5 Å². The second-order valence-electron chi connectivity index (χ2n) is 10.9. The van der Waals surface area contributed by atoms with Gasteiger partial charge in [-0.2, -0.15) is 0 Å². The third kappa shape index (κ3) is 37.9. The minimum absolute atomic E-state index is 0. The van der Waals surface area contributed by atoms with Crippen LogP contribution in [0.15, 0.2) is 59.5 Å². The Kier molecular flexibility index (Phi) is 29.4. The number of benzene rings is 2. The second-order valence-corrected chi connectivity index (χ2v) is 14.2. The SMILES string of the molecule is CCC(C)c1ccc(S(=O)(=O)[O-])cc1.CCC(C)c1ccccc1.CCCCN(CCCC)CCCC.F[P-](F)(F)(F)(F)F.[CH2+]C.[Na+]. The first-order valence-corrected chi connectivity index (χ1v) is 19.6. The van der Waals surface area contributed by atoms with Crippen molar-refractivity contribution in [3.05, 3.63) is 72.6 Å². The standard InChI is InChI=1S/C12H27N.C10H14O3S.C10H14.C2H5.F6P.Na/c1-4-7-10-13(11-8-5-2)12-9-6-3;1-3-8(2)9-4-6-10(7-5-9)14(11,12)13;1-3-9(2)10-7-5-4-6-8-10;1-2;1-7(2,3,4,5)6;/h4-12H2,1-3H3;4-8H,3H2,1-2H3,(H,11,12,13);4-9H,3H2,1-2H3;1H2,2H3;;/q;;;+1;-1;+1/p-1. The Morgan fingerprint density at radius 3 is 1.21 bits per heavy atom. The topological polar surface area (TPSA) is 60.4 Å². The molecule has 2 rings (SSSR count). The molecule has 0 saturated heterocycles. The fraction of sp³-hybridized carbons (Fsp3) is 0.618. The monoisotopic (exact) mass is 729 g/mol. The molecule has 0 aromatic heterocycles. The largest absolute Gasteiger partial charge is 1.00 e. The van der Waals surface area contributed by atoms with E-state index in [0.717, 1.165) is 12.0 Å². The molecule has 2 atom stereocenters. The van der Waals surface area contributed by atoms with Crippen molar-refractivity contribution in [1.82, 2.24) is 4.90 Å². The molecule has 0 saturated carbocycles. The molecule has 0 fully saturated rings. The van der Waals surface area contributed by atoms with Crippen molar-refractivity contribution in [3.8, 4) is 0 Å². The van der Waals surface area contributed by atoms with Crippen molar-refractivity contribution in [2.45, 2.75) is 123 Å². The van der Waals surface area contributed by atoms with Gasteiger partial charge in [0, 0.05) is 0 Å². The summed E-state index contributed by atoms with van der Waals surface area (Å²) in [5.74, 6) is 1.10. The zero-order valence-electron chi connectivity index (χ0n) is 30.1. The summed E-state index contributed by atoms with van der Waals surface area (Å²) in [7, 11) is -15.0. The summed E-state index contributed by atoms with van der Waals surface area (Å²) in [6, 6.07) is 16.8. The molecule has 0 aliphatic rings. The van der Waals surface area contributed by atoms with Crippen molar-refractivity contribution in [2.24, 2.45) is 0 Å². The van der Waals surface area contributed by atoms with Gasteiger partial charge in [0.1, 0.15) is 10.1 Å². The van der Waals surface area contributed by atoms with Gasteiger partial charge in [0.2, 0.25) is 0 Å². The number of hydrogen-bond acceptors (Lipinski definition) is 4. The van der Waals surface area contributed by atoms with E-state index in [1.165, 1.54) is 82.3 Å². The van der Waals surface area contributed by atoms with Crippen LogP contribution in [0.1, 0.15) is 130 Å². The summed E-state index contributed by atoms with van der Waals surface area (Å²) in [5, 5.41) is 0. The van der Waals surface area contributed by atoms with Crippen LogP contribution in [0.5, 0.6) is 0 Å². The molecule has 0 heterocycles. The average molecular weight is 730 g/mol. The summed E-state index contributed by atoms with van der Waals surface area (Å²) in [5.41, 5.74) is 2.50. The molecule has 0 aliphatic carbocycles. The number of unbranched alkanes of at least 4 members (excludes halogenated alkanes) is 3. The maximum absolute atomic E-state index is 10.7. The molecule has 0 N–H and O–H groups in total. The van der Waals surface area contributed by atoms with Gasteiger partial charge < -0.3 is 9.45 Å². The van der Waals surface area contributed by atoms with E-state index < -0.39 is 17.9 Å². The van der Waals surface area contributed by atoms with Crippen molar-refractivity contribution >= 4 is 17.9 Å². The Balaban J connectivity index is -0.000000262. The van der Waals surface area contributed by atoms with E-state index >= 15 is 0 Å². The minimum atomic E-state index is -10.7. The van der Waals surface area contributed by atoms with Crippen LogP contribution in [0.3, 0.4) is 0 Å². The molecule has 272 valence electrons. The van der Waals surface area contributed by atoms with Crippen LogP contribution in [0.4, 0.5) is 25.2 Å². The fourth-order valence-corrected chi connectivity index (χ4v) is 4.17. The van der Waals surface area contributed by atoms with Gasteiger partial charge in [-0.1, -0.05) is 110 Å². The molecule has 0 bridgehead atoms. The number of rotatable bonds is 14. The molecule has 0 radical (unpaired) electrons. The zero-order chi connectivity index (χ0) is 36.5. The second kappa shape index (κ2) is 26.1.